The number of halogens is 2. The summed E-state index contributed by atoms with van der Waals surface area (Å²) in [6, 6.07) is 9.91. The molecule has 31 heavy (non-hydrogen) atoms. The highest BCUT2D eigenvalue weighted by Gasteiger charge is 2.16. The predicted octanol–water partition coefficient (Wildman–Crippen LogP) is 3.27. The molecule has 1 aliphatic heterocycles. The first-order chi connectivity index (χ1) is 14.7. The molecule has 0 radical (unpaired) electrons. The fraction of sp³-hybridized carbons (Fsp3) is 0.545. The van der Waals surface area contributed by atoms with Crippen molar-refractivity contribution < 1.29 is 4.74 Å². The van der Waals surface area contributed by atoms with E-state index < -0.39 is 0 Å². The first kappa shape index (κ1) is 25.9. The van der Waals surface area contributed by atoms with Gasteiger partial charge in [-0.05, 0) is 36.6 Å². The van der Waals surface area contributed by atoms with Gasteiger partial charge in [-0.1, -0.05) is 30.7 Å². The Morgan fingerprint density at radius 3 is 2.61 bits per heavy atom. The predicted molar refractivity (Wildman–Crippen MR) is 138 cm³/mol. The normalized spacial score (nSPS) is 16.9. The van der Waals surface area contributed by atoms with E-state index in [1.54, 1.807) is 6.20 Å². The average molecular weight is 561 g/mol. The number of nitrogens with one attached hydrogen (secondary N) is 2. The van der Waals surface area contributed by atoms with Crippen molar-refractivity contribution in [2.24, 2.45) is 10.9 Å². The van der Waals surface area contributed by atoms with E-state index in [0.717, 1.165) is 62.5 Å². The topological polar surface area (TPSA) is 66.7 Å². The third-order valence-electron chi connectivity index (χ3n) is 5.14. The van der Waals surface area contributed by atoms with E-state index in [0.29, 0.717) is 12.5 Å². The zero-order valence-electron chi connectivity index (χ0n) is 18.3. The summed E-state index contributed by atoms with van der Waals surface area (Å²) in [4.78, 5) is 7.28. The molecule has 1 aromatic heterocycles. The first-order valence-corrected chi connectivity index (χ1v) is 11.1. The van der Waals surface area contributed by atoms with Crippen LogP contribution in [0.15, 0.2) is 47.7 Å². The van der Waals surface area contributed by atoms with Crippen LogP contribution in [0.5, 0.6) is 0 Å². The minimum atomic E-state index is 0. The van der Waals surface area contributed by atoms with E-state index in [1.807, 2.05) is 41.2 Å². The summed E-state index contributed by atoms with van der Waals surface area (Å²) in [6.45, 7) is 11.3. The molecule has 0 saturated carbocycles. The average Bonchev–Trinajstić information content (AvgIpc) is 3.28. The van der Waals surface area contributed by atoms with Gasteiger partial charge in [-0.3, -0.25) is 14.6 Å². The van der Waals surface area contributed by atoms with Gasteiger partial charge in [0.05, 0.1) is 19.3 Å². The minimum Gasteiger partial charge on any atom is -0.379 e. The van der Waals surface area contributed by atoms with Gasteiger partial charge in [0.1, 0.15) is 0 Å². The van der Waals surface area contributed by atoms with Gasteiger partial charge in [-0.2, -0.15) is 5.10 Å². The third kappa shape index (κ3) is 8.59. The number of ether oxygens (including phenoxy) is 1. The van der Waals surface area contributed by atoms with Crippen molar-refractivity contribution in [3.05, 3.63) is 53.3 Å². The fourth-order valence-electron chi connectivity index (χ4n) is 3.58. The molecule has 3 rings (SSSR count). The third-order valence-corrected chi connectivity index (χ3v) is 5.39. The van der Waals surface area contributed by atoms with Gasteiger partial charge in [0, 0.05) is 56.7 Å². The molecule has 1 saturated heterocycles. The first-order valence-electron chi connectivity index (χ1n) is 10.7. The maximum absolute atomic E-state index is 6.07. The van der Waals surface area contributed by atoms with E-state index in [1.165, 1.54) is 0 Å². The number of guanidine groups is 1. The van der Waals surface area contributed by atoms with Crippen molar-refractivity contribution in [3.63, 3.8) is 0 Å². The zero-order valence-corrected chi connectivity index (χ0v) is 21.4. The maximum atomic E-state index is 6.07. The lowest BCUT2D eigenvalue weighted by molar-refractivity contribution is 0.0323. The van der Waals surface area contributed by atoms with Crippen LogP contribution in [0.3, 0.4) is 0 Å². The SMILES string of the molecule is CCNC(=NCC(C)CN1CCOCC1)NCC(c1ccc(Cl)cc1)n1cccn1.I. The summed E-state index contributed by atoms with van der Waals surface area (Å²) in [5.41, 5.74) is 1.15. The zero-order chi connectivity index (χ0) is 21.2. The molecule has 1 aromatic carbocycles. The Morgan fingerprint density at radius 2 is 1.97 bits per heavy atom. The van der Waals surface area contributed by atoms with Crippen LogP contribution in [0.25, 0.3) is 0 Å². The summed E-state index contributed by atoms with van der Waals surface area (Å²) >= 11 is 6.07. The second kappa shape index (κ2) is 13.9. The molecule has 0 bridgehead atoms. The Bertz CT molecular complexity index is 765. The van der Waals surface area contributed by atoms with E-state index in [9.17, 15) is 0 Å². The number of nitrogens with zero attached hydrogens (tertiary/aromatic N) is 4. The molecule has 2 N–H and O–H groups in total. The standard InChI is InChI=1S/C22H33ClN6O.HI/c1-3-24-22(25-15-18(2)17-28-11-13-30-14-12-28)26-16-21(29-10-4-9-27-29)19-5-7-20(23)8-6-19;/h4-10,18,21H,3,11-17H2,1-2H3,(H2,24,25,26);1H. The molecule has 2 atom stereocenters. The van der Waals surface area contributed by atoms with Gasteiger partial charge in [0.15, 0.2) is 5.96 Å². The van der Waals surface area contributed by atoms with Crippen molar-refractivity contribution in [3.8, 4) is 0 Å². The van der Waals surface area contributed by atoms with Gasteiger partial charge in [0.25, 0.3) is 0 Å². The minimum absolute atomic E-state index is 0. The quantitative estimate of drug-likeness (QED) is 0.280. The van der Waals surface area contributed by atoms with E-state index in [4.69, 9.17) is 21.3 Å². The van der Waals surface area contributed by atoms with Crippen LogP contribution < -0.4 is 10.6 Å². The number of aliphatic imine (C=N–C) groups is 1. The number of benzene rings is 1. The molecule has 9 heteroatoms. The van der Waals surface area contributed by atoms with Crippen LogP contribution >= 0.6 is 35.6 Å². The molecular weight excluding hydrogens is 527 g/mol. The van der Waals surface area contributed by atoms with Gasteiger partial charge in [-0.25, -0.2) is 0 Å². The van der Waals surface area contributed by atoms with Crippen LogP contribution in [-0.2, 0) is 4.74 Å². The molecule has 0 aliphatic carbocycles. The Kier molecular flexibility index (Phi) is 11.6. The number of aromatic nitrogens is 2. The molecule has 2 aromatic rings. The number of hydrogen-bond donors (Lipinski definition) is 2. The second-order valence-corrected chi connectivity index (χ2v) is 8.11. The highest BCUT2D eigenvalue weighted by molar-refractivity contribution is 14.0. The molecule has 1 aliphatic rings. The van der Waals surface area contributed by atoms with Crippen molar-refractivity contribution in [2.75, 3.05) is 52.5 Å². The molecule has 1 fully saturated rings. The monoisotopic (exact) mass is 560 g/mol. The van der Waals surface area contributed by atoms with E-state index in [-0.39, 0.29) is 30.0 Å². The Hall–Kier alpha value is -1.36. The van der Waals surface area contributed by atoms with Crippen molar-refractivity contribution in [2.45, 2.75) is 19.9 Å². The molecule has 0 amide bonds. The molecule has 2 unspecified atom stereocenters. The van der Waals surface area contributed by atoms with Gasteiger partial charge < -0.3 is 15.4 Å². The largest absolute Gasteiger partial charge is 0.379 e. The fourth-order valence-corrected chi connectivity index (χ4v) is 3.70. The molecular formula is C22H34ClIN6O. The summed E-state index contributed by atoms with van der Waals surface area (Å²) in [5.74, 6) is 1.31. The lowest BCUT2D eigenvalue weighted by Gasteiger charge is -2.28. The molecule has 7 nitrogen and oxygen atoms in total. The summed E-state index contributed by atoms with van der Waals surface area (Å²) in [5, 5.41) is 12.0. The number of rotatable bonds is 9. The van der Waals surface area contributed by atoms with E-state index in [2.05, 4.69) is 34.5 Å². The molecule has 0 spiro atoms. The summed E-state index contributed by atoms with van der Waals surface area (Å²) in [7, 11) is 0. The summed E-state index contributed by atoms with van der Waals surface area (Å²) < 4.78 is 7.39. The number of morpholine rings is 1. The Labute approximate surface area is 207 Å². The van der Waals surface area contributed by atoms with Crippen LogP contribution in [0, 0.1) is 5.92 Å². The van der Waals surface area contributed by atoms with Crippen LogP contribution in [0.4, 0.5) is 0 Å². The number of hydrogen-bond acceptors (Lipinski definition) is 4. The van der Waals surface area contributed by atoms with Crippen LogP contribution in [-0.4, -0.2) is 73.1 Å². The molecule has 172 valence electrons. The van der Waals surface area contributed by atoms with Gasteiger partial charge in [-0.15, -0.1) is 24.0 Å². The lowest BCUT2D eigenvalue weighted by atomic mass is 10.1. The maximum Gasteiger partial charge on any atom is 0.191 e. The Morgan fingerprint density at radius 1 is 1.23 bits per heavy atom. The second-order valence-electron chi connectivity index (χ2n) is 7.67. The smallest absolute Gasteiger partial charge is 0.191 e. The van der Waals surface area contributed by atoms with Crippen LogP contribution in [0.2, 0.25) is 5.02 Å². The van der Waals surface area contributed by atoms with Crippen molar-refractivity contribution in [1.29, 1.82) is 0 Å². The lowest BCUT2D eigenvalue weighted by Crippen LogP contribution is -2.42. The van der Waals surface area contributed by atoms with Gasteiger partial charge in [0.2, 0.25) is 0 Å². The highest BCUT2D eigenvalue weighted by Crippen LogP contribution is 2.19. The van der Waals surface area contributed by atoms with Crippen LogP contribution in [0.1, 0.15) is 25.5 Å². The van der Waals surface area contributed by atoms with Gasteiger partial charge >= 0.3 is 0 Å². The van der Waals surface area contributed by atoms with Crippen molar-refractivity contribution in [1.82, 2.24) is 25.3 Å². The molecule has 2 heterocycles. The summed E-state index contributed by atoms with van der Waals surface area (Å²) in [6.07, 6.45) is 3.78. The Balaban J connectivity index is 0.00000341. The van der Waals surface area contributed by atoms with E-state index >= 15 is 0 Å². The highest BCUT2D eigenvalue weighted by atomic mass is 127. The van der Waals surface area contributed by atoms with Crippen molar-refractivity contribution >= 4 is 41.5 Å².